The van der Waals surface area contributed by atoms with E-state index in [2.05, 4.69) is 4.98 Å². The van der Waals surface area contributed by atoms with Crippen LogP contribution in [0.25, 0.3) is 11.3 Å². The molecule has 0 bridgehead atoms. The molecule has 1 N–H and O–H groups in total. The van der Waals surface area contributed by atoms with Crippen molar-refractivity contribution in [2.45, 2.75) is 6.92 Å². The van der Waals surface area contributed by atoms with Crippen molar-refractivity contribution in [2.75, 3.05) is 0 Å². The molecule has 2 aromatic rings. The molecule has 0 atom stereocenters. The first-order valence-electron chi connectivity index (χ1n) is 3.97. The Morgan fingerprint density at radius 3 is 2.69 bits per heavy atom. The van der Waals surface area contributed by atoms with Gasteiger partial charge in [-0.05, 0) is 19.1 Å². The van der Waals surface area contributed by atoms with Gasteiger partial charge < -0.3 is 5.11 Å². The quantitative estimate of drug-likeness (QED) is 0.751. The zero-order valence-electron chi connectivity index (χ0n) is 7.19. The first-order chi connectivity index (χ1) is 6.29. The minimum Gasteiger partial charge on any atom is -0.507 e. The lowest BCUT2D eigenvalue weighted by molar-refractivity contribution is 0.477. The summed E-state index contributed by atoms with van der Waals surface area (Å²) in [6.07, 6.45) is 0. The Morgan fingerprint density at radius 2 is 2.08 bits per heavy atom. The number of phenolic OH excluding ortho intramolecular Hbond substituents is 1. The van der Waals surface area contributed by atoms with Gasteiger partial charge in [0.05, 0.1) is 11.2 Å². The Labute approximate surface area is 80.5 Å². The van der Waals surface area contributed by atoms with Crippen LogP contribution in [-0.4, -0.2) is 10.1 Å². The van der Waals surface area contributed by atoms with E-state index >= 15 is 0 Å². The summed E-state index contributed by atoms with van der Waals surface area (Å²) in [6.45, 7) is 2.00. The van der Waals surface area contributed by atoms with Crippen molar-refractivity contribution in [3.05, 3.63) is 34.7 Å². The van der Waals surface area contributed by atoms with E-state index < -0.39 is 0 Å². The summed E-state index contributed by atoms with van der Waals surface area (Å²) in [5.74, 6) is 0.288. The molecule has 0 fully saturated rings. The van der Waals surface area contributed by atoms with Crippen LogP contribution in [0, 0.1) is 6.92 Å². The first kappa shape index (κ1) is 8.26. The molecule has 66 valence electrons. The largest absolute Gasteiger partial charge is 0.507 e. The summed E-state index contributed by atoms with van der Waals surface area (Å²) in [5.41, 5.74) is 3.47. The molecule has 2 rings (SSSR count). The van der Waals surface area contributed by atoms with Crippen LogP contribution in [0.15, 0.2) is 29.8 Å². The first-order valence-corrected chi connectivity index (χ1v) is 4.85. The lowest BCUT2D eigenvalue weighted by Gasteiger charge is -2.00. The van der Waals surface area contributed by atoms with Crippen molar-refractivity contribution in [3.63, 3.8) is 0 Å². The number of thiazole rings is 1. The van der Waals surface area contributed by atoms with Gasteiger partial charge in [-0.1, -0.05) is 12.1 Å². The van der Waals surface area contributed by atoms with Gasteiger partial charge in [-0.25, -0.2) is 4.98 Å². The van der Waals surface area contributed by atoms with E-state index in [0.29, 0.717) is 0 Å². The van der Waals surface area contributed by atoms with E-state index in [4.69, 9.17) is 0 Å². The van der Waals surface area contributed by atoms with Gasteiger partial charge in [-0.2, -0.15) is 0 Å². The fraction of sp³-hybridized carbons (Fsp3) is 0.100. The van der Waals surface area contributed by atoms with Gasteiger partial charge in [0.25, 0.3) is 0 Å². The SMILES string of the molecule is Cc1scnc1-c1ccccc1O. The van der Waals surface area contributed by atoms with Crippen LogP contribution in [-0.2, 0) is 0 Å². The van der Waals surface area contributed by atoms with Crippen molar-refractivity contribution in [2.24, 2.45) is 0 Å². The second-order valence-corrected chi connectivity index (χ2v) is 3.83. The molecule has 1 aromatic heterocycles. The number of benzene rings is 1. The van der Waals surface area contributed by atoms with Crippen LogP contribution in [0.2, 0.25) is 0 Å². The number of para-hydroxylation sites is 1. The number of aromatic nitrogens is 1. The van der Waals surface area contributed by atoms with E-state index in [1.165, 1.54) is 0 Å². The zero-order chi connectivity index (χ0) is 9.26. The lowest BCUT2D eigenvalue weighted by Crippen LogP contribution is -1.80. The average Bonchev–Trinajstić information content (AvgIpc) is 2.52. The van der Waals surface area contributed by atoms with Crippen LogP contribution in [0.4, 0.5) is 0 Å². The minimum atomic E-state index is 0.288. The summed E-state index contributed by atoms with van der Waals surface area (Å²) in [5, 5.41) is 9.57. The molecule has 1 aromatic carbocycles. The molecule has 0 spiro atoms. The maximum absolute atomic E-state index is 9.57. The third kappa shape index (κ3) is 1.42. The van der Waals surface area contributed by atoms with Gasteiger partial charge in [0, 0.05) is 10.4 Å². The molecule has 0 aliphatic rings. The number of aromatic hydroxyl groups is 1. The molecule has 0 saturated heterocycles. The summed E-state index contributed by atoms with van der Waals surface area (Å²) in [7, 11) is 0. The van der Waals surface area contributed by atoms with Crippen LogP contribution in [0.1, 0.15) is 4.88 Å². The Kier molecular flexibility index (Phi) is 2.02. The molecule has 0 radical (unpaired) electrons. The topological polar surface area (TPSA) is 33.1 Å². The molecule has 0 saturated carbocycles. The predicted octanol–water partition coefficient (Wildman–Crippen LogP) is 2.82. The summed E-state index contributed by atoms with van der Waals surface area (Å²) in [6, 6.07) is 7.25. The van der Waals surface area contributed by atoms with Crippen LogP contribution in [0.3, 0.4) is 0 Å². The van der Waals surface area contributed by atoms with E-state index in [1.807, 2.05) is 19.1 Å². The number of hydrogen-bond donors (Lipinski definition) is 1. The van der Waals surface area contributed by atoms with E-state index in [-0.39, 0.29) is 5.75 Å². The molecular weight excluding hydrogens is 182 g/mol. The lowest BCUT2D eigenvalue weighted by atomic mass is 10.1. The zero-order valence-corrected chi connectivity index (χ0v) is 8.01. The highest BCUT2D eigenvalue weighted by Crippen LogP contribution is 2.31. The highest BCUT2D eigenvalue weighted by Gasteiger charge is 2.07. The number of hydrogen-bond acceptors (Lipinski definition) is 3. The number of nitrogens with zero attached hydrogens (tertiary/aromatic N) is 1. The number of phenols is 1. The van der Waals surface area contributed by atoms with Gasteiger partial charge >= 0.3 is 0 Å². The van der Waals surface area contributed by atoms with Crippen molar-refractivity contribution in [1.82, 2.24) is 4.98 Å². The Morgan fingerprint density at radius 1 is 1.31 bits per heavy atom. The molecule has 0 aliphatic carbocycles. The Balaban J connectivity index is 2.59. The van der Waals surface area contributed by atoms with Gasteiger partial charge in [-0.15, -0.1) is 11.3 Å². The van der Waals surface area contributed by atoms with Crippen LogP contribution < -0.4 is 0 Å². The van der Waals surface area contributed by atoms with E-state index in [0.717, 1.165) is 16.1 Å². The molecule has 13 heavy (non-hydrogen) atoms. The van der Waals surface area contributed by atoms with Gasteiger partial charge in [0.15, 0.2) is 0 Å². The normalized spacial score (nSPS) is 10.2. The van der Waals surface area contributed by atoms with Gasteiger partial charge in [-0.3, -0.25) is 0 Å². The summed E-state index contributed by atoms with van der Waals surface area (Å²) < 4.78 is 0. The average molecular weight is 191 g/mol. The number of aryl methyl sites for hydroxylation is 1. The minimum absolute atomic E-state index is 0.288. The molecule has 2 nitrogen and oxygen atoms in total. The van der Waals surface area contributed by atoms with E-state index in [1.54, 1.807) is 29.0 Å². The predicted molar refractivity (Wildman–Crippen MR) is 54.0 cm³/mol. The fourth-order valence-corrected chi connectivity index (χ4v) is 1.83. The standard InChI is InChI=1S/C10H9NOS/c1-7-10(11-6-13-7)8-4-2-3-5-9(8)12/h2-6,12H,1H3. The fourth-order valence-electron chi connectivity index (χ4n) is 1.24. The maximum Gasteiger partial charge on any atom is 0.125 e. The highest BCUT2D eigenvalue weighted by atomic mass is 32.1. The second kappa shape index (κ2) is 3.18. The highest BCUT2D eigenvalue weighted by molar-refractivity contribution is 7.10. The second-order valence-electron chi connectivity index (χ2n) is 2.77. The van der Waals surface area contributed by atoms with Crippen LogP contribution in [0.5, 0.6) is 5.75 Å². The van der Waals surface area contributed by atoms with Gasteiger partial charge in [0.2, 0.25) is 0 Å². The molecule has 0 amide bonds. The smallest absolute Gasteiger partial charge is 0.125 e. The van der Waals surface area contributed by atoms with Crippen molar-refractivity contribution in [3.8, 4) is 17.0 Å². The molecule has 3 heteroatoms. The molecule has 1 heterocycles. The van der Waals surface area contributed by atoms with E-state index in [9.17, 15) is 5.11 Å². The molecule has 0 aliphatic heterocycles. The third-order valence-corrected chi connectivity index (χ3v) is 2.66. The summed E-state index contributed by atoms with van der Waals surface area (Å²) in [4.78, 5) is 5.33. The van der Waals surface area contributed by atoms with Crippen molar-refractivity contribution < 1.29 is 5.11 Å². The third-order valence-electron chi connectivity index (χ3n) is 1.90. The van der Waals surface area contributed by atoms with Crippen LogP contribution >= 0.6 is 11.3 Å². The monoisotopic (exact) mass is 191 g/mol. The number of rotatable bonds is 1. The van der Waals surface area contributed by atoms with Crippen molar-refractivity contribution in [1.29, 1.82) is 0 Å². The van der Waals surface area contributed by atoms with Gasteiger partial charge in [0.1, 0.15) is 5.75 Å². The molecule has 0 unspecified atom stereocenters. The maximum atomic E-state index is 9.57. The summed E-state index contributed by atoms with van der Waals surface area (Å²) >= 11 is 1.59. The molecular formula is C10H9NOS. The van der Waals surface area contributed by atoms with Crippen molar-refractivity contribution >= 4 is 11.3 Å². The Bertz CT molecular complexity index is 422. The Hall–Kier alpha value is -1.35.